The number of hydrogen-bond donors (Lipinski definition) is 1. The number of halogens is 1. The Labute approximate surface area is 148 Å². The van der Waals surface area contributed by atoms with Gasteiger partial charge >= 0.3 is 0 Å². The number of likely N-dealkylation sites (N-methyl/N-ethyl adjacent to an activating group) is 1. The van der Waals surface area contributed by atoms with Crippen LogP contribution in [-0.4, -0.2) is 46.0 Å². The number of nitrogens with one attached hydrogen (secondary N) is 1. The van der Waals surface area contributed by atoms with E-state index >= 15 is 0 Å². The van der Waals surface area contributed by atoms with Crippen molar-refractivity contribution in [3.63, 3.8) is 0 Å². The third-order valence-electron chi connectivity index (χ3n) is 4.43. The molecule has 25 heavy (non-hydrogen) atoms. The van der Waals surface area contributed by atoms with Gasteiger partial charge in [0.1, 0.15) is 10.7 Å². The summed E-state index contributed by atoms with van der Waals surface area (Å²) in [7, 11) is -3.98. The van der Waals surface area contributed by atoms with Crippen LogP contribution in [0, 0.1) is 5.82 Å². The van der Waals surface area contributed by atoms with Crippen molar-refractivity contribution < 1.29 is 12.8 Å². The number of benzene rings is 2. The first-order valence-electron chi connectivity index (χ1n) is 8.35. The molecule has 5 nitrogen and oxygen atoms in total. The Bertz CT molecular complexity index is 834. The number of piperazine rings is 1. The van der Waals surface area contributed by atoms with Crippen molar-refractivity contribution in [3.8, 4) is 0 Å². The number of sulfonamides is 1. The van der Waals surface area contributed by atoms with Crippen molar-refractivity contribution in [1.29, 1.82) is 0 Å². The summed E-state index contributed by atoms with van der Waals surface area (Å²) < 4.78 is 41.6. The molecule has 0 aromatic heterocycles. The molecule has 0 bridgehead atoms. The molecule has 3 rings (SSSR count). The van der Waals surface area contributed by atoms with Crippen LogP contribution in [0.5, 0.6) is 0 Å². The van der Waals surface area contributed by atoms with Gasteiger partial charge in [0.2, 0.25) is 0 Å². The Balaban J connectivity index is 1.86. The SMILES string of the molecule is CCN1CCN(c2ccccc2NS(=O)(=O)c2ccccc2F)CC1. The summed E-state index contributed by atoms with van der Waals surface area (Å²) in [5, 5.41) is 0. The van der Waals surface area contributed by atoms with Gasteiger partial charge in [-0.1, -0.05) is 31.2 Å². The lowest BCUT2D eigenvalue weighted by molar-refractivity contribution is 0.271. The normalized spacial score (nSPS) is 16.0. The highest BCUT2D eigenvalue weighted by atomic mass is 32.2. The van der Waals surface area contributed by atoms with Gasteiger partial charge in [0, 0.05) is 26.2 Å². The van der Waals surface area contributed by atoms with E-state index in [1.165, 1.54) is 18.2 Å². The average Bonchev–Trinajstić information content (AvgIpc) is 2.62. The van der Waals surface area contributed by atoms with Gasteiger partial charge in [0.25, 0.3) is 10.0 Å². The van der Waals surface area contributed by atoms with Crippen LogP contribution < -0.4 is 9.62 Å². The summed E-state index contributed by atoms with van der Waals surface area (Å²) in [6.07, 6.45) is 0. The molecular formula is C18H22FN3O2S. The van der Waals surface area contributed by atoms with E-state index in [0.717, 1.165) is 44.5 Å². The standard InChI is InChI=1S/C18H22FN3O2S/c1-2-21-11-13-22(14-12-21)17-9-5-4-8-16(17)20-25(23,24)18-10-6-3-7-15(18)19/h3-10,20H,2,11-14H2,1H3. The molecule has 134 valence electrons. The van der Waals surface area contributed by atoms with Crippen LogP contribution in [0.1, 0.15) is 6.92 Å². The summed E-state index contributed by atoms with van der Waals surface area (Å²) in [4.78, 5) is 4.16. The molecule has 0 amide bonds. The van der Waals surface area contributed by atoms with Crippen LogP contribution in [0.15, 0.2) is 53.4 Å². The number of rotatable bonds is 5. The van der Waals surface area contributed by atoms with Crippen LogP contribution in [0.2, 0.25) is 0 Å². The van der Waals surface area contributed by atoms with Gasteiger partial charge in [-0.05, 0) is 30.8 Å². The van der Waals surface area contributed by atoms with Crippen LogP contribution in [0.25, 0.3) is 0 Å². The van der Waals surface area contributed by atoms with Gasteiger partial charge in [-0.25, -0.2) is 12.8 Å². The van der Waals surface area contributed by atoms with E-state index in [0.29, 0.717) is 5.69 Å². The number of nitrogens with zero attached hydrogens (tertiary/aromatic N) is 2. The maximum Gasteiger partial charge on any atom is 0.264 e. The maximum absolute atomic E-state index is 13.9. The Morgan fingerprint density at radius 3 is 2.32 bits per heavy atom. The predicted octanol–water partition coefficient (Wildman–Crippen LogP) is 2.77. The lowest BCUT2D eigenvalue weighted by Gasteiger charge is -2.36. The van der Waals surface area contributed by atoms with Gasteiger partial charge in [0.05, 0.1) is 11.4 Å². The highest BCUT2D eigenvalue weighted by Gasteiger charge is 2.22. The summed E-state index contributed by atoms with van der Waals surface area (Å²) in [5.41, 5.74) is 1.29. The molecule has 0 radical (unpaired) electrons. The summed E-state index contributed by atoms with van der Waals surface area (Å²) in [6, 6.07) is 12.6. The van der Waals surface area contributed by atoms with Crippen molar-refractivity contribution in [1.82, 2.24) is 4.90 Å². The first-order chi connectivity index (χ1) is 12.0. The Morgan fingerprint density at radius 1 is 1.00 bits per heavy atom. The third kappa shape index (κ3) is 3.93. The summed E-state index contributed by atoms with van der Waals surface area (Å²) >= 11 is 0. The van der Waals surface area contributed by atoms with Crippen molar-refractivity contribution in [3.05, 3.63) is 54.3 Å². The van der Waals surface area contributed by atoms with E-state index in [2.05, 4.69) is 21.4 Å². The first kappa shape index (κ1) is 17.7. The molecule has 0 unspecified atom stereocenters. The molecule has 1 aliphatic heterocycles. The zero-order chi connectivity index (χ0) is 17.9. The Hall–Kier alpha value is -2.12. The second-order valence-electron chi connectivity index (χ2n) is 5.97. The molecular weight excluding hydrogens is 341 g/mol. The minimum atomic E-state index is -3.98. The number of para-hydroxylation sites is 2. The van der Waals surface area contributed by atoms with E-state index < -0.39 is 15.8 Å². The van der Waals surface area contributed by atoms with Crippen molar-refractivity contribution >= 4 is 21.4 Å². The van der Waals surface area contributed by atoms with Crippen LogP contribution >= 0.6 is 0 Å². The zero-order valence-electron chi connectivity index (χ0n) is 14.2. The van der Waals surface area contributed by atoms with E-state index in [1.54, 1.807) is 12.1 Å². The molecule has 1 N–H and O–H groups in total. The van der Waals surface area contributed by atoms with E-state index in [1.807, 2.05) is 12.1 Å². The minimum absolute atomic E-state index is 0.347. The molecule has 1 saturated heterocycles. The van der Waals surface area contributed by atoms with Crippen LogP contribution in [0.4, 0.5) is 15.8 Å². The van der Waals surface area contributed by atoms with Crippen LogP contribution in [-0.2, 0) is 10.0 Å². The third-order valence-corrected chi connectivity index (χ3v) is 5.83. The van der Waals surface area contributed by atoms with E-state index in [-0.39, 0.29) is 4.90 Å². The maximum atomic E-state index is 13.9. The van der Waals surface area contributed by atoms with E-state index in [4.69, 9.17) is 0 Å². The number of hydrogen-bond acceptors (Lipinski definition) is 4. The highest BCUT2D eigenvalue weighted by Crippen LogP contribution is 2.29. The monoisotopic (exact) mass is 363 g/mol. The lowest BCUT2D eigenvalue weighted by atomic mass is 10.2. The molecule has 0 saturated carbocycles. The van der Waals surface area contributed by atoms with Gasteiger partial charge in [-0.2, -0.15) is 0 Å². The fraction of sp³-hybridized carbons (Fsp3) is 0.333. The highest BCUT2D eigenvalue weighted by molar-refractivity contribution is 7.92. The van der Waals surface area contributed by atoms with E-state index in [9.17, 15) is 12.8 Å². The van der Waals surface area contributed by atoms with Gasteiger partial charge in [-0.15, -0.1) is 0 Å². The summed E-state index contributed by atoms with van der Waals surface area (Å²) in [5.74, 6) is -0.760. The Morgan fingerprint density at radius 2 is 1.64 bits per heavy atom. The minimum Gasteiger partial charge on any atom is -0.367 e. The molecule has 1 heterocycles. The fourth-order valence-electron chi connectivity index (χ4n) is 3.00. The fourth-order valence-corrected chi connectivity index (χ4v) is 4.16. The second-order valence-corrected chi connectivity index (χ2v) is 7.63. The molecule has 2 aromatic rings. The van der Waals surface area contributed by atoms with Crippen molar-refractivity contribution in [2.24, 2.45) is 0 Å². The summed E-state index contributed by atoms with van der Waals surface area (Å²) in [6.45, 7) is 6.66. The van der Waals surface area contributed by atoms with Gasteiger partial charge in [-0.3, -0.25) is 4.72 Å². The van der Waals surface area contributed by atoms with Gasteiger partial charge in [0.15, 0.2) is 0 Å². The Kier molecular flexibility index (Phi) is 5.24. The molecule has 7 heteroatoms. The molecule has 0 atom stereocenters. The quantitative estimate of drug-likeness (QED) is 0.888. The average molecular weight is 363 g/mol. The largest absolute Gasteiger partial charge is 0.367 e. The van der Waals surface area contributed by atoms with Crippen molar-refractivity contribution in [2.45, 2.75) is 11.8 Å². The first-order valence-corrected chi connectivity index (χ1v) is 9.83. The van der Waals surface area contributed by atoms with Crippen molar-refractivity contribution in [2.75, 3.05) is 42.3 Å². The zero-order valence-corrected chi connectivity index (χ0v) is 15.0. The topological polar surface area (TPSA) is 52.6 Å². The second kappa shape index (κ2) is 7.41. The smallest absolute Gasteiger partial charge is 0.264 e. The molecule has 2 aromatic carbocycles. The number of anilines is 2. The molecule has 1 aliphatic rings. The van der Waals surface area contributed by atoms with Gasteiger partial charge < -0.3 is 9.80 Å². The lowest BCUT2D eigenvalue weighted by Crippen LogP contribution is -2.46. The molecule has 0 spiro atoms. The predicted molar refractivity (Wildman–Crippen MR) is 98.0 cm³/mol. The molecule has 0 aliphatic carbocycles. The van der Waals surface area contributed by atoms with Crippen LogP contribution in [0.3, 0.4) is 0 Å². The molecule has 1 fully saturated rings.